The Morgan fingerprint density at radius 3 is 1.64 bits per heavy atom. The van der Waals surface area contributed by atoms with E-state index in [0.29, 0.717) is 22.7 Å². The number of anilines is 4. The summed E-state index contributed by atoms with van der Waals surface area (Å²) < 4.78 is 5.17. The quantitative estimate of drug-likeness (QED) is 0.799. The Hall–Kier alpha value is -2.82. The third-order valence-electron chi connectivity index (χ3n) is 3.49. The Morgan fingerprint density at radius 1 is 0.864 bits per heavy atom. The molecule has 112 valence electrons. The molecule has 0 atom stereocenters. The zero-order valence-electron chi connectivity index (χ0n) is 12.4. The molecule has 2 aromatic rings. The smallest absolute Gasteiger partial charge is 0.419 e. The fourth-order valence-corrected chi connectivity index (χ4v) is 2.67. The number of carbonyl (C=O) groups excluding carboxylic acids is 2. The second kappa shape index (κ2) is 5.52. The van der Waals surface area contributed by atoms with Gasteiger partial charge in [-0.05, 0) is 31.2 Å². The first-order valence-electron chi connectivity index (χ1n) is 7.10. The molecule has 0 saturated carbocycles. The van der Waals surface area contributed by atoms with Crippen molar-refractivity contribution in [3.8, 4) is 0 Å². The predicted octanol–water partition coefficient (Wildman–Crippen LogP) is 3.98. The lowest BCUT2D eigenvalue weighted by atomic mass is 10.1. The molecule has 0 aromatic heterocycles. The monoisotopic (exact) mass is 296 g/mol. The molecule has 0 unspecified atom stereocenters. The molecule has 1 aliphatic rings. The number of nitrogens with zero attached hydrogens (tertiary/aromatic N) is 2. The number of para-hydroxylation sites is 4. The third kappa shape index (κ3) is 2.11. The second-order valence-corrected chi connectivity index (χ2v) is 4.87. The van der Waals surface area contributed by atoms with Gasteiger partial charge < -0.3 is 4.74 Å². The van der Waals surface area contributed by atoms with Gasteiger partial charge in [-0.1, -0.05) is 24.3 Å². The molecule has 0 fully saturated rings. The van der Waals surface area contributed by atoms with Crippen LogP contribution in [-0.4, -0.2) is 18.6 Å². The highest BCUT2D eigenvalue weighted by Crippen LogP contribution is 2.47. The predicted molar refractivity (Wildman–Crippen MR) is 84.9 cm³/mol. The van der Waals surface area contributed by atoms with E-state index in [0.717, 1.165) is 0 Å². The highest BCUT2D eigenvalue weighted by Gasteiger charge is 2.34. The summed E-state index contributed by atoms with van der Waals surface area (Å²) in [7, 11) is 0. The maximum absolute atomic E-state index is 12.4. The minimum atomic E-state index is -0.453. The van der Waals surface area contributed by atoms with Crippen molar-refractivity contribution in [2.45, 2.75) is 13.8 Å². The zero-order chi connectivity index (χ0) is 15.7. The van der Waals surface area contributed by atoms with Crippen molar-refractivity contribution in [2.24, 2.45) is 0 Å². The summed E-state index contributed by atoms with van der Waals surface area (Å²) in [6.07, 6.45) is -0.453. The molecule has 0 spiro atoms. The van der Waals surface area contributed by atoms with Gasteiger partial charge in [-0.25, -0.2) is 9.69 Å². The van der Waals surface area contributed by atoms with Crippen molar-refractivity contribution in [1.82, 2.24) is 0 Å². The largest absolute Gasteiger partial charge is 0.449 e. The van der Waals surface area contributed by atoms with Gasteiger partial charge in [0.2, 0.25) is 5.91 Å². The second-order valence-electron chi connectivity index (χ2n) is 4.87. The van der Waals surface area contributed by atoms with E-state index in [-0.39, 0.29) is 12.5 Å². The molecule has 0 aliphatic carbocycles. The lowest BCUT2D eigenvalue weighted by molar-refractivity contribution is -0.115. The number of ether oxygens (including phenoxy) is 1. The Bertz CT molecular complexity index is 695. The van der Waals surface area contributed by atoms with E-state index in [1.165, 1.54) is 11.8 Å². The van der Waals surface area contributed by atoms with Crippen molar-refractivity contribution in [2.75, 3.05) is 16.4 Å². The van der Waals surface area contributed by atoms with E-state index < -0.39 is 6.09 Å². The summed E-state index contributed by atoms with van der Waals surface area (Å²) in [5.41, 5.74) is 2.60. The van der Waals surface area contributed by atoms with Crippen LogP contribution in [0.25, 0.3) is 0 Å². The molecule has 2 aromatic carbocycles. The molecular formula is C17H16N2O3. The molecule has 0 radical (unpaired) electrons. The Labute approximate surface area is 128 Å². The summed E-state index contributed by atoms with van der Waals surface area (Å²) in [6, 6.07) is 14.6. The number of rotatable bonds is 1. The summed E-state index contributed by atoms with van der Waals surface area (Å²) in [6.45, 7) is 3.56. The molecule has 1 heterocycles. The molecule has 0 saturated heterocycles. The first-order chi connectivity index (χ1) is 10.6. The maximum Gasteiger partial charge on any atom is 0.419 e. The zero-order valence-corrected chi connectivity index (χ0v) is 12.4. The van der Waals surface area contributed by atoms with Gasteiger partial charge in [-0.15, -0.1) is 0 Å². The standard InChI is InChI=1S/C17H16N2O3/c1-3-22-17(21)19-15-10-6-4-8-13(15)18(12(2)20)14-9-5-7-11-16(14)19/h4-11H,3H2,1-2H3. The van der Waals surface area contributed by atoms with Crippen LogP contribution >= 0.6 is 0 Å². The average molecular weight is 296 g/mol. The molecule has 5 heteroatoms. The normalized spacial score (nSPS) is 12.5. The number of benzene rings is 2. The van der Waals surface area contributed by atoms with Crippen molar-refractivity contribution in [3.05, 3.63) is 48.5 Å². The van der Waals surface area contributed by atoms with E-state index in [4.69, 9.17) is 4.74 Å². The Kier molecular flexibility index (Phi) is 3.55. The molecule has 3 rings (SSSR count). The van der Waals surface area contributed by atoms with Crippen LogP contribution in [0.2, 0.25) is 0 Å². The summed E-state index contributed by atoms with van der Waals surface area (Å²) in [5, 5.41) is 0. The van der Waals surface area contributed by atoms with Crippen molar-refractivity contribution in [1.29, 1.82) is 0 Å². The number of carbonyl (C=O) groups is 2. The molecule has 1 aliphatic heterocycles. The van der Waals surface area contributed by atoms with Crippen LogP contribution < -0.4 is 9.80 Å². The summed E-state index contributed by atoms with van der Waals surface area (Å²) in [5.74, 6) is -0.108. The number of hydrogen-bond acceptors (Lipinski definition) is 3. The maximum atomic E-state index is 12.4. The van der Waals surface area contributed by atoms with Crippen LogP contribution in [0.15, 0.2) is 48.5 Å². The van der Waals surface area contributed by atoms with E-state index in [2.05, 4.69) is 0 Å². The van der Waals surface area contributed by atoms with Gasteiger partial charge in [-0.3, -0.25) is 9.69 Å². The van der Waals surface area contributed by atoms with Crippen LogP contribution in [0.1, 0.15) is 13.8 Å². The van der Waals surface area contributed by atoms with Crippen LogP contribution in [0, 0.1) is 0 Å². The van der Waals surface area contributed by atoms with Gasteiger partial charge in [-0.2, -0.15) is 0 Å². The lowest BCUT2D eigenvalue weighted by Gasteiger charge is -2.36. The first-order valence-corrected chi connectivity index (χ1v) is 7.10. The summed E-state index contributed by atoms with van der Waals surface area (Å²) in [4.78, 5) is 27.6. The molecule has 5 nitrogen and oxygen atoms in total. The van der Waals surface area contributed by atoms with Crippen LogP contribution in [0.5, 0.6) is 0 Å². The molecule has 0 bridgehead atoms. The lowest BCUT2D eigenvalue weighted by Crippen LogP contribution is -2.35. The van der Waals surface area contributed by atoms with E-state index in [9.17, 15) is 9.59 Å². The fourth-order valence-electron chi connectivity index (χ4n) is 2.67. The van der Waals surface area contributed by atoms with E-state index >= 15 is 0 Å². The van der Waals surface area contributed by atoms with Crippen molar-refractivity contribution in [3.63, 3.8) is 0 Å². The van der Waals surface area contributed by atoms with Gasteiger partial charge in [0.25, 0.3) is 0 Å². The van der Waals surface area contributed by atoms with Gasteiger partial charge in [0.05, 0.1) is 29.4 Å². The Balaban J connectivity index is 2.25. The number of fused-ring (bicyclic) bond motifs is 2. The van der Waals surface area contributed by atoms with Crippen molar-refractivity contribution < 1.29 is 14.3 Å². The van der Waals surface area contributed by atoms with Crippen LogP contribution in [-0.2, 0) is 9.53 Å². The molecule has 2 amide bonds. The molecule has 22 heavy (non-hydrogen) atoms. The van der Waals surface area contributed by atoms with Gasteiger partial charge in [0.15, 0.2) is 0 Å². The van der Waals surface area contributed by atoms with E-state index in [1.54, 1.807) is 24.0 Å². The highest BCUT2D eigenvalue weighted by atomic mass is 16.6. The average Bonchev–Trinajstić information content (AvgIpc) is 2.52. The Morgan fingerprint density at radius 2 is 1.27 bits per heavy atom. The molecular weight excluding hydrogens is 280 g/mol. The topological polar surface area (TPSA) is 49.9 Å². The number of hydrogen-bond donors (Lipinski definition) is 0. The first kappa shape index (κ1) is 14.1. The van der Waals surface area contributed by atoms with Gasteiger partial charge >= 0.3 is 6.09 Å². The fraction of sp³-hybridized carbons (Fsp3) is 0.176. The third-order valence-corrected chi connectivity index (χ3v) is 3.49. The van der Waals surface area contributed by atoms with Crippen LogP contribution in [0.3, 0.4) is 0 Å². The van der Waals surface area contributed by atoms with Gasteiger partial charge in [0.1, 0.15) is 0 Å². The minimum Gasteiger partial charge on any atom is -0.449 e. The van der Waals surface area contributed by atoms with Crippen LogP contribution in [0.4, 0.5) is 27.5 Å². The molecule has 0 N–H and O–H groups in total. The van der Waals surface area contributed by atoms with E-state index in [1.807, 2.05) is 36.4 Å². The SMILES string of the molecule is CCOC(=O)N1c2ccccc2N(C(C)=O)c2ccccc21. The van der Waals surface area contributed by atoms with Crippen molar-refractivity contribution >= 4 is 34.7 Å². The van der Waals surface area contributed by atoms with Gasteiger partial charge in [0, 0.05) is 6.92 Å². The number of amides is 2. The summed E-state index contributed by atoms with van der Waals surface area (Å²) >= 11 is 0. The minimum absolute atomic E-state index is 0.108. The highest BCUT2D eigenvalue weighted by molar-refractivity contribution is 6.14.